The fourth-order valence-electron chi connectivity index (χ4n) is 3.76. The van der Waals surface area contributed by atoms with Gasteiger partial charge in [0.05, 0.1) is 34.7 Å². The number of nitrogens with one attached hydrogen (secondary N) is 1. The molecule has 1 atom stereocenters. The number of rotatable bonds is 5. The first-order valence-corrected chi connectivity index (χ1v) is 9.89. The van der Waals surface area contributed by atoms with Crippen molar-refractivity contribution >= 4 is 22.4 Å². The lowest BCUT2D eigenvalue weighted by Crippen LogP contribution is -2.60. The van der Waals surface area contributed by atoms with Crippen LogP contribution >= 0.6 is 0 Å². The minimum Gasteiger partial charge on any atom is -0.386 e. The molecule has 0 radical (unpaired) electrons. The van der Waals surface area contributed by atoms with Gasteiger partial charge in [-0.25, -0.2) is 8.78 Å². The van der Waals surface area contributed by atoms with E-state index in [1.165, 1.54) is 12.1 Å². The summed E-state index contributed by atoms with van der Waals surface area (Å²) in [6, 6.07) is 8.09. The number of aryl methyl sites for hydroxylation is 1. The molecule has 1 saturated heterocycles. The quantitative estimate of drug-likeness (QED) is 0.653. The summed E-state index contributed by atoms with van der Waals surface area (Å²) in [5.41, 5.74) is 2.34. The van der Waals surface area contributed by atoms with Gasteiger partial charge in [0.2, 0.25) is 0 Å². The summed E-state index contributed by atoms with van der Waals surface area (Å²) < 4.78 is 27.4. The number of alkyl halides is 2. The van der Waals surface area contributed by atoms with Crippen molar-refractivity contribution in [2.45, 2.75) is 45.3 Å². The van der Waals surface area contributed by atoms with Gasteiger partial charge in [0.15, 0.2) is 5.82 Å². The molecule has 3 heterocycles. The van der Waals surface area contributed by atoms with Crippen molar-refractivity contribution in [3.05, 3.63) is 53.3 Å². The van der Waals surface area contributed by atoms with Crippen LogP contribution in [0.2, 0.25) is 0 Å². The minimum atomic E-state index is -2.90. The molecule has 6 nitrogen and oxygen atoms in total. The van der Waals surface area contributed by atoms with Gasteiger partial charge in [0.25, 0.3) is 5.92 Å². The van der Waals surface area contributed by atoms with E-state index < -0.39 is 11.5 Å². The van der Waals surface area contributed by atoms with Crippen molar-refractivity contribution in [2.75, 3.05) is 23.3 Å². The third kappa shape index (κ3) is 3.92. The highest BCUT2D eigenvalue weighted by molar-refractivity contribution is 5.92. The molecular weight excluding hydrogens is 388 g/mol. The number of hydrogen-bond acceptors (Lipinski definition) is 6. The van der Waals surface area contributed by atoms with Crippen molar-refractivity contribution in [1.82, 2.24) is 15.2 Å². The zero-order valence-electron chi connectivity index (χ0n) is 17.4. The Bertz CT molecular complexity index is 1090. The summed E-state index contributed by atoms with van der Waals surface area (Å²) >= 11 is 0. The maximum atomic E-state index is 13.7. The number of aromatic nitrogens is 3. The third-order valence-electron chi connectivity index (χ3n) is 5.45. The Kier molecular flexibility index (Phi) is 4.85. The number of fused-ring (bicyclic) bond motifs is 1. The molecule has 8 heteroatoms. The molecule has 2 N–H and O–H groups in total. The molecule has 158 valence electrons. The summed E-state index contributed by atoms with van der Waals surface area (Å²) in [7, 11) is 0. The lowest BCUT2D eigenvalue weighted by molar-refractivity contribution is 0.0173. The normalized spacial score (nSPS) is 17.0. The van der Waals surface area contributed by atoms with Gasteiger partial charge < -0.3 is 15.3 Å². The summed E-state index contributed by atoms with van der Waals surface area (Å²) in [4.78, 5) is 6.60. The van der Waals surface area contributed by atoms with Crippen LogP contribution in [0, 0.1) is 6.92 Å². The smallest absolute Gasteiger partial charge is 0.270 e. The van der Waals surface area contributed by atoms with E-state index in [9.17, 15) is 13.9 Å². The Hall–Kier alpha value is -2.87. The monoisotopic (exact) mass is 413 g/mol. The Morgan fingerprint density at radius 1 is 1.23 bits per heavy atom. The van der Waals surface area contributed by atoms with Crippen LogP contribution in [-0.2, 0) is 5.92 Å². The summed E-state index contributed by atoms with van der Waals surface area (Å²) in [5.74, 6) is -2.36. The highest BCUT2D eigenvalue weighted by Gasteiger charge is 2.36. The van der Waals surface area contributed by atoms with E-state index in [1.807, 2.05) is 30.9 Å². The first-order valence-electron chi connectivity index (χ1n) is 9.89. The first kappa shape index (κ1) is 20.4. The molecule has 0 aliphatic carbocycles. The molecule has 4 rings (SSSR count). The number of aliphatic hydroxyl groups is 1. The van der Waals surface area contributed by atoms with E-state index in [-0.39, 0.29) is 11.6 Å². The molecule has 0 spiro atoms. The molecule has 1 aromatic carbocycles. The van der Waals surface area contributed by atoms with Gasteiger partial charge in [-0.2, -0.15) is 5.10 Å². The van der Waals surface area contributed by atoms with Crippen molar-refractivity contribution < 1.29 is 13.9 Å². The van der Waals surface area contributed by atoms with Gasteiger partial charge in [0.1, 0.15) is 0 Å². The second kappa shape index (κ2) is 7.12. The fourth-order valence-corrected chi connectivity index (χ4v) is 3.76. The van der Waals surface area contributed by atoms with Crippen LogP contribution in [0.1, 0.15) is 43.6 Å². The number of halogens is 2. The zero-order valence-corrected chi connectivity index (χ0v) is 17.4. The molecule has 0 unspecified atom stereocenters. The highest BCUT2D eigenvalue weighted by Crippen LogP contribution is 2.33. The van der Waals surface area contributed by atoms with E-state index >= 15 is 0 Å². The number of benzene rings is 1. The van der Waals surface area contributed by atoms with Crippen LogP contribution in [-0.4, -0.2) is 39.0 Å². The predicted octanol–water partition coefficient (Wildman–Crippen LogP) is 4.19. The third-order valence-corrected chi connectivity index (χ3v) is 5.45. The second-order valence-electron chi connectivity index (χ2n) is 8.46. The van der Waals surface area contributed by atoms with Crippen molar-refractivity contribution in [3.63, 3.8) is 0 Å². The molecular formula is C22H25F2N5O. The molecule has 2 aromatic heterocycles. The predicted molar refractivity (Wildman–Crippen MR) is 113 cm³/mol. The number of anilines is 2. The van der Waals surface area contributed by atoms with Crippen LogP contribution in [0.25, 0.3) is 10.9 Å². The SMILES string of the molecule is Cc1nnc(N[C@H](C)c2cccc(C(C)(F)F)c2)c2cc(N3CC(C)(O)C3)cnc12. The van der Waals surface area contributed by atoms with Gasteiger partial charge in [-0.15, -0.1) is 5.10 Å². The van der Waals surface area contributed by atoms with Gasteiger partial charge >= 0.3 is 0 Å². The Morgan fingerprint density at radius 3 is 2.63 bits per heavy atom. The summed E-state index contributed by atoms with van der Waals surface area (Å²) in [5, 5.41) is 22.6. The van der Waals surface area contributed by atoms with E-state index in [0.29, 0.717) is 24.6 Å². The lowest BCUT2D eigenvalue weighted by Gasteiger charge is -2.45. The van der Waals surface area contributed by atoms with E-state index in [0.717, 1.165) is 29.1 Å². The highest BCUT2D eigenvalue weighted by atomic mass is 19.3. The summed E-state index contributed by atoms with van der Waals surface area (Å²) in [6.07, 6.45) is 1.77. The Balaban J connectivity index is 1.66. The van der Waals surface area contributed by atoms with Gasteiger partial charge in [-0.3, -0.25) is 4.98 Å². The Labute approximate surface area is 174 Å². The van der Waals surface area contributed by atoms with Crippen LogP contribution in [0.5, 0.6) is 0 Å². The average Bonchev–Trinajstić information content (AvgIpc) is 2.67. The molecule has 30 heavy (non-hydrogen) atoms. The maximum Gasteiger partial charge on any atom is 0.270 e. The number of pyridine rings is 1. The minimum absolute atomic E-state index is 0.0257. The van der Waals surface area contributed by atoms with Crippen LogP contribution in [0.4, 0.5) is 20.3 Å². The molecule has 1 aliphatic heterocycles. The maximum absolute atomic E-state index is 13.7. The average molecular weight is 413 g/mol. The lowest BCUT2D eigenvalue weighted by atomic mass is 9.96. The fraction of sp³-hybridized carbons (Fsp3) is 0.409. The first-order chi connectivity index (χ1) is 14.0. The molecule has 0 bridgehead atoms. The van der Waals surface area contributed by atoms with Crippen molar-refractivity contribution in [2.24, 2.45) is 0 Å². The molecule has 0 saturated carbocycles. The van der Waals surface area contributed by atoms with E-state index in [1.54, 1.807) is 19.2 Å². The Morgan fingerprint density at radius 2 is 1.97 bits per heavy atom. The van der Waals surface area contributed by atoms with Gasteiger partial charge in [-0.1, -0.05) is 18.2 Å². The molecule has 1 aliphatic rings. The van der Waals surface area contributed by atoms with Gasteiger partial charge in [0, 0.05) is 31.0 Å². The summed E-state index contributed by atoms with van der Waals surface area (Å²) in [6.45, 7) is 7.50. The van der Waals surface area contributed by atoms with E-state index in [4.69, 9.17) is 0 Å². The molecule has 1 fully saturated rings. The second-order valence-corrected chi connectivity index (χ2v) is 8.46. The van der Waals surface area contributed by atoms with Crippen LogP contribution < -0.4 is 10.2 Å². The van der Waals surface area contributed by atoms with Crippen LogP contribution in [0.15, 0.2) is 36.5 Å². The number of nitrogens with zero attached hydrogens (tertiary/aromatic N) is 4. The van der Waals surface area contributed by atoms with Crippen LogP contribution in [0.3, 0.4) is 0 Å². The topological polar surface area (TPSA) is 74.2 Å². The molecule has 0 amide bonds. The van der Waals surface area contributed by atoms with Crippen molar-refractivity contribution in [1.29, 1.82) is 0 Å². The molecule has 3 aromatic rings. The zero-order chi connectivity index (χ0) is 21.7. The number of hydrogen-bond donors (Lipinski definition) is 2. The van der Waals surface area contributed by atoms with Crippen molar-refractivity contribution in [3.8, 4) is 0 Å². The number of β-amino-alcohol motifs (C(OH)–C–C–N with tert-alkyl or cyclic N) is 1. The van der Waals surface area contributed by atoms with E-state index in [2.05, 4.69) is 20.5 Å². The standard InChI is InChI=1S/C22H25F2N5O/c1-13(15-6-5-7-16(8-15)22(4,23)24)26-20-18-9-17(29-11-21(3,30)12-29)10-25-19(18)14(2)27-28-20/h5-10,13,30H,11-12H2,1-4H3,(H,26,28)/t13-/m1/s1. The largest absolute Gasteiger partial charge is 0.386 e. The van der Waals surface area contributed by atoms with Gasteiger partial charge in [-0.05, 0) is 38.5 Å².